The van der Waals surface area contributed by atoms with E-state index in [2.05, 4.69) is 34.1 Å². The van der Waals surface area contributed by atoms with Crippen LogP contribution < -0.4 is 5.32 Å². The predicted molar refractivity (Wildman–Crippen MR) is 77.6 cm³/mol. The summed E-state index contributed by atoms with van der Waals surface area (Å²) in [6.45, 7) is 6.19. The summed E-state index contributed by atoms with van der Waals surface area (Å²) in [7, 11) is 0. The molecule has 1 saturated carbocycles. The van der Waals surface area contributed by atoms with Crippen molar-refractivity contribution in [1.82, 2.24) is 20.3 Å². The first-order chi connectivity index (χ1) is 9.56. The minimum atomic E-state index is -0.0836. The van der Waals surface area contributed by atoms with Crippen molar-refractivity contribution >= 4 is 17.1 Å². The molecule has 0 bridgehead atoms. The van der Waals surface area contributed by atoms with Gasteiger partial charge >= 0.3 is 0 Å². The number of hydrogen-bond acceptors (Lipinski definition) is 3. The van der Waals surface area contributed by atoms with Gasteiger partial charge in [-0.2, -0.15) is 0 Å². The molecular formula is C15H20N4O. The number of fused-ring (bicyclic) bond motifs is 1. The Morgan fingerprint density at radius 3 is 2.80 bits per heavy atom. The normalized spacial score (nSPS) is 16.6. The van der Waals surface area contributed by atoms with Gasteiger partial charge in [0, 0.05) is 18.2 Å². The lowest BCUT2D eigenvalue weighted by atomic mass is 10.1. The zero-order chi connectivity index (χ0) is 14.3. The molecule has 1 aliphatic rings. The minimum absolute atomic E-state index is 0.0836. The number of carbonyl (C=O) groups excluding carboxylic acids is 1. The van der Waals surface area contributed by atoms with Crippen LogP contribution in [0.2, 0.25) is 0 Å². The van der Waals surface area contributed by atoms with Crippen LogP contribution in [-0.4, -0.2) is 26.9 Å². The van der Waals surface area contributed by atoms with Gasteiger partial charge in [-0.25, -0.2) is 9.97 Å². The molecule has 2 N–H and O–H groups in total. The van der Waals surface area contributed by atoms with Gasteiger partial charge in [-0.3, -0.25) is 4.79 Å². The lowest BCUT2D eigenvalue weighted by Gasteiger charge is -2.16. The molecule has 106 valence electrons. The third-order valence-corrected chi connectivity index (χ3v) is 4.00. The zero-order valence-electron chi connectivity index (χ0n) is 12.1. The highest BCUT2D eigenvalue weighted by Crippen LogP contribution is 2.39. The van der Waals surface area contributed by atoms with Gasteiger partial charge in [0.05, 0.1) is 17.5 Å². The van der Waals surface area contributed by atoms with Gasteiger partial charge in [0.25, 0.3) is 5.91 Å². The van der Waals surface area contributed by atoms with Crippen molar-refractivity contribution in [3.63, 3.8) is 0 Å². The molecule has 5 nitrogen and oxygen atoms in total. The summed E-state index contributed by atoms with van der Waals surface area (Å²) in [4.78, 5) is 24.3. The highest BCUT2D eigenvalue weighted by molar-refractivity contribution is 6.04. The number of nitrogens with one attached hydrogen (secondary N) is 2. The molecule has 0 saturated heterocycles. The molecule has 1 aliphatic carbocycles. The monoisotopic (exact) mass is 272 g/mol. The molecule has 20 heavy (non-hydrogen) atoms. The maximum atomic E-state index is 12.3. The number of aromatic nitrogens is 3. The van der Waals surface area contributed by atoms with E-state index in [-0.39, 0.29) is 11.9 Å². The van der Waals surface area contributed by atoms with E-state index < -0.39 is 0 Å². The van der Waals surface area contributed by atoms with E-state index in [4.69, 9.17) is 0 Å². The van der Waals surface area contributed by atoms with Gasteiger partial charge < -0.3 is 10.3 Å². The molecule has 0 unspecified atom stereocenters. The number of rotatable bonds is 4. The maximum Gasteiger partial charge on any atom is 0.255 e. The number of hydrogen-bond donors (Lipinski definition) is 2. The van der Waals surface area contributed by atoms with Crippen molar-refractivity contribution in [3.05, 3.63) is 23.7 Å². The molecule has 1 atom stereocenters. The van der Waals surface area contributed by atoms with Crippen LogP contribution in [0.5, 0.6) is 0 Å². The van der Waals surface area contributed by atoms with E-state index in [0.29, 0.717) is 28.6 Å². The molecule has 2 heterocycles. The Kier molecular flexibility index (Phi) is 3.20. The molecule has 3 rings (SSSR count). The Morgan fingerprint density at radius 1 is 1.40 bits per heavy atom. The zero-order valence-corrected chi connectivity index (χ0v) is 12.1. The van der Waals surface area contributed by atoms with Crippen LogP contribution in [0, 0.1) is 5.92 Å². The van der Waals surface area contributed by atoms with E-state index in [1.807, 2.05) is 13.1 Å². The lowest BCUT2D eigenvalue weighted by molar-refractivity contribution is 0.0932. The van der Waals surface area contributed by atoms with Gasteiger partial charge in [-0.15, -0.1) is 0 Å². The molecule has 0 radical (unpaired) electrons. The smallest absolute Gasteiger partial charge is 0.255 e. The lowest BCUT2D eigenvalue weighted by Crippen LogP contribution is -2.36. The molecule has 0 aromatic carbocycles. The SMILES string of the molecule is CC(C)[C@H](C)NC(=O)c1c[nH]c2ncc(C3CC3)nc12. The standard InChI is InChI=1S/C15H20N4O/c1-8(2)9(3)18-15(20)11-6-16-14-13(11)19-12(7-17-14)10-4-5-10/h6-10H,4-5H2,1-3H3,(H,16,17)(H,18,20)/t9-/m0/s1. The molecule has 2 aromatic heterocycles. The van der Waals surface area contributed by atoms with Crippen molar-refractivity contribution in [3.8, 4) is 0 Å². The van der Waals surface area contributed by atoms with Crippen LogP contribution in [-0.2, 0) is 0 Å². The van der Waals surface area contributed by atoms with Crippen molar-refractivity contribution in [1.29, 1.82) is 0 Å². The summed E-state index contributed by atoms with van der Waals surface area (Å²) in [6, 6.07) is 0.132. The van der Waals surface area contributed by atoms with Gasteiger partial charge in [0.1, 0.15) is 5.52 Å². The van der Waals surface area contributed by atoms with Crippen molar-refractivity contribution in [2.45, 2.75) is 45.6 Å². The average molecular weight is 272 g/mol. The molecule has 0 spiro atoms. The summed E-state index contributed by atoms with van der Waals surface area (Å²) in [6.07, 6.45) is 5.87. The Morgan fingerprint density at radius 2 is 2.15 bits per heavy atom. The number of amides is 1. The fourth-order valence-corrected chi connectivity index (χ4v) is 2.11. The number of nitrogens with zero attached hydrogens (tertiary/aromatic N) is 2. The Hall–Kier alpha value is -1.91. The van der Waals surface area contributed by atoms with Gasteiger partial charge in [0.15, 0.2) is 5.65 Å². The average Bonchev–Trinajstić information content (AvgIpc) is 3.17. The quantitative estimate of drug-likeness (QED) is 0.898. The molecule has 1 amide bonds. The van der Waals surface area contributed by atoms with Crippen LogP contribution >= 0.6 is 0 Å². The van der Waals surface area contributed by atoms with E-state index in [9.17, 15) is 4.79 Å². The molecule has 2 aromatic rings. The van der Waals surface area contributed by atoms with Crippen molar-refractivity contribution in [2.75, 3.05) is 0 Å². The Bertz CT molecular complexity index is 642. The third-order valence-electron chi connectivity index (χ3n) is 4.00. The van der Waals surface area contributed by atoms with Gasteiger partial charge in [0.2, 0.25) is 0 Å². The number of aromatic amines is 1. The molecule has 5 heteroatoms. The van der Waals surface area contributed by atoms with E-state index >= 15 is 0 Å². The maximum absolute atomic E-state index is 12.3. The summed E-state index contributed by atoms with van der Waals surface area (Å²) in [5, 5.41) is 3.01. The molecular weight excluding hydrogens is 252 g/mol. The minimum Gasteiger partial charge on any atom is -0.349 e. The van der Waals surface area contributed by atoms with Crippen LogP contribution in [0.25, 0.3) is 11.2 Å². The second kappa shape index (κ2) is 4.89. The van der Waals surface area contributed by atoms with Crippen molar-refractivity contribution in [2.24, 2.45) is 5.92 Å². The molecule has 0 aliphatic heterocycles. The first-order valence-electron chi connectivity index (χ1n) is 7.21. The summed E-state index contributed by atoms with van der Waals surface area (Å²) in [5.74, 6) is 0.851. The highest BCUT2D eigenvalue weighted by atomic mass is 16.1. The Balaban J connectivity index is 1.90. The second-order valence-corrected chi connectivity index (χ2v) is 5.97. The van der Waals surface area contributed by atoms with E-state index in [1.54, 1.807) is 6.20 Å². The summed E-state index contributed by atoms with van der Waals surface area (Å²) < 4.78 is 0. The largest absolute Gasteiger partial charge is 0.349 e. The number of H-pyrrole nitrogens is 1. The first-order valence-corrected chi connectivity index (χ1v) is 7.21. The fourth-order valence-electron chi connectivity index (χ4n) is 2.11. The van der Waals surface area contributed by atoms with E-state index in [1.165, 1.54) is 12.8 Å². The number of carbonyl (C=O) groups is 1. The predicted octanol–water partition coefficient (Wildman–Crippen LogP) is 2.61. The van der Waals surface area contributed by atoms with Crippen molar-refractivity contribution < 1.29 is 4.79 Å². The highest BCUT2D eigenvalue weighted by Gasteiger charge is 2.26. The van der Waals surface area contributed by atoms with Crippen LogP contribution in [0.3, 0.4) is 0 Å². The molecule has 1 fully saturated rings. The van der Waals surface area contributed by atoms with Crippen LogP contribution in [0.1, 0.15) is 55.6 Å². The van der Waals surface area contributed by atoms with Gasteiger partial charge in [-0.05, 0) is 25.7 Å². The third kappa shape index (κ3) is 2.40. The second-order valence-electron chi connectivity index (χ2n) is 5.97. The van der Waals surface area contributed by atoms with E-state index in [0.717, 1.165) is 5.69 Å². The summed E-state index contributed by atoms with van der Waals surface area (Å²) >= 11 is 0. The topological polar surface area (TPSA) is 70.7 Å². The Labute approximate surface area is 118 Å². The fraction of sp³-hybridized carbons (Fsp3) is 0.533. The summed E-state index contributed by atoms with van der Waals surface area (Å²) in [5.41, 5.74) is 2.95. The first kappa shape index (κ1) is 13.1. The van der Waals surface area contributed by atoms with Crippen LogP contribution in [0.15, 0.2) is 12.4 Å². The van der Waals surface area contributed by atoms with Crippen LogP contribution in [0.4, 0.5) is 0 Å². The van der Waals surface area contributed by atoms with Gasteiger partial charge in [-0.1, -0.05) is 13.8 Å².